The second-order valence-electron chi connectivity index (χ2n) is 5.83. The lowest BCUT2D eigenvalue weighted by Gasteiger charge is -2.45. The zero-order valence-electron chi connectivity index (χ0n) is 10.6. The molecule has 0 aromatic carbocycles. The molecule has 17 heavy (non-hydrogen) atoms. The Balaban J connectivity index is 1.62. The first kappa shape index (κ1) is 11.9. The topological polar surface area (TPSA) is 47.7 Å². The van der Waals surface area contributed by atoms with Gasteiger partial charge in [0, 0.05) is 45.0 Å². The van der Waals surface area contributed by atoms with Gasteiger partial charge >= 0.3 is 0 Å². The van der Waals surface area contributed by atoms with Gasteiger partial charge in [-0.1, -0.05) is 0 Å². The van der Waals surface area contributed by atoms with Crippen LogP contribution in [0, 0.1) is 0 Å². The third-order valence-electron chi connectivity index (χ3n) is 4.64. The highest BCUT2D eigenvalue weighted by Gasteiger charge is 2.41. The maximum Gasteiger partial charge on any atom is 0.0741 e. The van der Waals surface area contributed by atoms with Crippen LogP contribution in [0.5, 0.6) is 0 Å². The van der Waals surface area contributed by atoms with Gasteiger partial charge < -0.3 is 15.2 Å². The maximum absolute atomic E-state index is 6.09. The molecule has 3 saturated heterocycles. The molecule has 0 saturated carbocycles. The van der Waals surface area contributed by atoms with Crippen molar-refractivity contribution in [2.75, 3.05) is 32.9 Å². The number of ether oxygens (including phenoxy) is 2. The fourth-order valence-corrected chi connectivity index (χ4v) is 3.55. The molecule has 4 nitrogen and oxygen atoms in total. The van der Waals surface area contributed by atoms with Crippen molar-refractivity contribution in [1.29, 1.82) is 0 Å². The molecule has 2 N–H and O–H groups in total. The van der Waals surface area contributed by atoms with E-state index in [1.807, 2.05) is 0 Å². The molecule has 4 heteroatoms. The van der Waals surface area contributed by atoms with Gasteiger partial charge in [-0.3, -0.25) is 4.90 Å². The SMILES string of the molecule is N[C@@H]1CCN(C2CCOC3(CCOCC3)C2)C1. The minimum atomic E-state index is 0.119. The van der Waals surface area contributed by atoms with E-state index in [4.69, 9.17) is 15.2 Å². The normalized spacial score (nSPS) is 38.6. The van der Waals surface area contributed by atoms with Crippen LogP contribution < -0.4 is 5.73 Å². The molecular weight excluding hydrogens is 216 g/mol. The van der Waals surface area contributed by atoms with Crippen LogP contribution in [-0.2, 0) is 9.47 Å². The fourth-order valence-electron chi connectivity index (χ4n) is 3.55. The molecule has 0 aromatic rings. The third kappa shape index (κ3) is 2.50. The summed E-state index contributed by atoms with van der Waals surface area (Å²) >= 11 is 0. The summed E-state index contributed by atoms with van der Waals surface area (Å²) in [5.41, 5.74) is 6.13. The largest absolute Gasteiger partial charge is 0.381 e. The zero-order chi connectivity index (χ0) is 11.7. The third-order valence-corrected chi connectivity index (χ3v) is 4.64. The Labute approximate surface area is 103 Å². The lowest BCUT2D eigenvalue weighted by atomic mass is 9.83. The Morgan fingerprint density at radius 3 is 2.65 bits per heavy atom. The monoisotopic (exact) mass is 240 g/mol. The van der Waals surface area contributed by atoms with Crippen LogP contribution in [0.25, 0.3) is 0 Å². The molecule has 0 aromatic heterocycles. The van der Waals surface area contributed by atoms with Gasteiger partial charge in [0.1, 0.15) is 0 Å². The van der Waals surface area contributed by atoms with E-state index in [9.17, 15) is 0 Å². The lowest BCUT2D eigenvalue weighted by molar-refractivity contribution is -0.150. The van der Waals surface area contributed by atoms with Crippen molar-refractivity contribution < 1.29 is 9.47 Å². The summed E-state index contributed by atoms with van der Waals surface area (Å²) in [6.45, 7) is 4.91. The standard InChI is InChI=1S/C13H24N2O2/c14-11-1-5-15(10-11)12-2-6-17-13(9-12)3-7-16-8-4-13/h11-12H,1-10,14H2/t11-,12?/m1/s1. The van der Waals surface area contributed by atoms with Crippen molar-refractivity contribution in [3.63, 3.8) is 0 Å². The van der Waals surface area contributed by atoms with Gasteiger partial charge in [-0.2, -0.15) is 0 Å². The van der Waals surface area contributed by atoms with Crippen molar-refractivity contribution in [3.8, 4) is 0 Å². The summed E-state index contributed by atoms with van der Waals surface area (Å²) in [5, 5.41) is 0. The second kappa shape index (κ2) is 4.84. The first-order valence-electron chi connectivity index (χ1n) is 6.99. The number of hydrogen-bond acceptors (Lipinski definition) is 4. The minimum Gasteiger partial charge on any atom is -0.381 e. The van der Waals surface area contributed by atoms with Gasteiger partial charge in [0.25, 0.3) is 0 Å². The molecule has 3 aliphatic heterocycles. The molecule has 0 aliphatic carbocycles. The van der Waals surface area contributed by atoms with Gasteiger partial charge in [-0.05, 0) is 32.1 Å². The summed E-state index contributed by atoms with van der Waals surface area (Å²) < 4.78 is 11.5. The number of nitrogens with zero attached hydrogens (tertiary/aromatic N) is 1. The molecule has 1 spiro atoms. The summed E-state index contributed by atoms with van der Waals surface area (Å²) in [4.78, 5) is 2.59. The molecule has 3 aliphatic rings. The van der Waals surface area contributed by atoms with Gasteiger partial charge in [0.15, 0.2) is 0 Å². The van der Waals surface area contributed by atoms with Gasteiger partial charge in [-0.15, -0.1) is 0 Å². The molecule has 2 atom stereocenters. The summed E-state index contributed by atoms with van der Waals surface area (Å²) in [7, 11) is 0. The highest BCUT2D eigenvalue weighted by molar-refractivity contribution is 4.94. The van der Waals surface area contributed by atoms with Crippen LogP contribution in [0.3, 0.4) is 0 Å². The average Bonchev–Trinajstić information content (AvgIpc) is 2.77. The first-order chi connectivity index (χ1) is 8.27. The zero-order valence-corrected chi connectivity index (χ0v) is 10.6. The summed E-state index contributed by atoms with van der Waals surface area (Å²) in [6.07, 6.45) is 5.67. The van der Waals surface area contributed by atoms with E-state index in [-0.39, 0.29) is 5.60 Å². The summed E-state index contributed by atoms with van der Waals surface area (Å²) in [6, 6.07) is 1.08. The minimum absolute atomic E-state index is 0.119. The van der Waals surface area contributed by atoms with Crippen LogP contribution in [-0.4, -0.2) is 55.5 Å². The van der Waals surface area contributed by atoms with Crippen molar-refractivity contribution in [2.24, 2.45) is 5.73 Å². The molecule has 0 amide bonds. The van der Waals surface area contributed by atoms with E-state index in [1.165, 1.54) is 19.4 Å². The fraction of sp³-hybridized carbons (Fsp3) is 1.00. The molecule has 1 unspecified atom stereocenters. The Kier molecular flexibility index (Phi) is 3.39. The molecule has 0 bridgehead atoms. The van der Waals surface area contributed by atoms with E-state index in [2.05, 4.69) is 4.90 Å². The van der Waals surface area contributed by atoms with Crippen LogP contribution in [0.4, 0.5) is 0 Å². The maximum atomic E-state index is 6.09. The molecule has 98 valence electrons. The Bertz CT molecular complexity index is 261. The van der Waals surface area contributed by atoms with E-state index < -0.39 is 0 Å². The summed E-state index contributed by atoms with van der Waals surface area (Å²) in [5.74, 6) is 0. The second-order valence-corrected chi connectivity index (χ2v) is 5.83. The lowest BCUT2D eigenvalue weighted by Crippen LogP contribution is -2.50. The van der Waals surface area contributed by atoms with Crippen molar-refractivity contribution in [3.05, 3.63) is 0 Å². The van der Waals surface area contributed by atoms with E-state index >= 15 is 0 Å². The van der Waals surface area contributed by atoms with E-state index in [1.54, 1.807) is 0 Å². The molecular formula is C13H24N2O2. The molecule has 3 heterocycles. The van der Waals surface area contributed by atoms with E-state index in [0.29, 0.717) is 12.1 Å². The molecule has 3 rings (SSSR count). The van der Waals surface area contributed by atoms with Crippen LogP contribution in [0.1, 0.15) is 32.1 Å². The predicted molar refractivity (Wildman–Crippen MR) is 65.9 cm³/mol. The Hall–Kier alpha value is -0.160. The van der Waals surface area contributed by atoms with Gasteiger partial charge in [-0.25, -0.2) is 0 Å². The van der Waals surface area contributed by atoms with Gasteiger partial charge in [0.05, 0.1) is 5.60 Å². The predicted octanol–water partition coefficient (Wildman–Crippen LogP) is 0.748. The highest BCUT2D eigenvalue weighted by Crippen LogP contribution is 2.36. The van der Waals surface area contributed by atoms with Crippen molar-refractivity contribution in [1.82, 2.24) is 4.90 Å². The van der Waals surface area contributed by atoms with Crippen LogP contribution in [0.2, 0.25) is 0 Å². The molecule has 0 radical (unpaired) electrons. The van der Waals surface area contributed by atoms with Crippen LogP contribution >= 0.6 is 0 Å². The number of rotatable bonds is 1. The quantitative estimate of drug-likeness (QED) is 0.734. The first-order valence-corrected chi connectivity index (χ1v) is 6.99. The van der Waals surface area contributed by atoms with Crippen molar-refractivity contribution in [2.45, 2.75) is 49.8 Å². The van der Waals surface area contributed by atoms with Gasteiger partial charge in [0.2, 0.25) is 0 Å². The molecule has 3 fully saturated rings. The van der Waals surface area contributed by atoms with E-state index in [0.717, 1.165) is 45.6 Å². The number of likely N-dealkylation sites (tertiary alicyclic amines) is 1. The smallest absolute Gasteiger partial charge is 0.0741 e. The van der Waals surface area contributed by atoms with Crippen LogP contribution in [0.15, 0.2) is 0 Å². The number of nitrogens with two attached hydrogens (primary N) is 1. The van der Waals surface area contributed by atoms with Crippen molar-refractivity contribution >= 4 is 0 Å². The number of hydrogen-bond donors (Lipinski definition) is 1. The highest BCUT2D eigenvalue weighted by atomic mass is 16.5. The average molecular weight is 240 g/mol. The Morgan fingerprint density at radius 1 is 1.12 bits per heavy atom. The Morgan fingerprint density at radius 2 is 1.94 bits per heavy atom.